The van der Waals surface area contributed by atoms with Crippen molar-refractivity contribution in [3.8, 4) is 0 Å². The third-order valence-corrected chi connectivity index (χ3v) is 5.52. The molecule has 114 valence electrons. The summed E-state index contributed by atoms with van der Waals surface area (Å²) in [5, 5.41) is 4.56. The van der Waals surface area contributed by atoms with Gasteiger partial charge in [0.05, 0.1) is 16.4 Å². The van der Waals surface area contributed by atoms with E-state index >= 15 is 0 Å². The molecule has 3 atom stereocenters. The first-order valence-corrected chi connectivity index (χ1v) is 8.67. The van der Waals surface area contributed by atoms with E-state index in [9.17, 15) is 0 Å². The molecule has 3 nitrogen and oxygen atoms in total. The third-order valence-electron chi connectivity index (χ3n) is 4.91. The van der Waals surface area contributed by atoms with Crippen molar-refractivity contribution in [2.45, 2.75) is 58.9 Å². The number of nitrogens with zero attached hydrogens (tertiary/aromatic N) is 2. The standard InChI is InChI=1S/C16H28BrN3/c1-10(2)12-5-6-13(8-18)14(7-12)16-15(17)9-19-20(16)11(3)4/h9-14H,5-8,18H2,1-4H3. The highest BCUT2D eigenvalue weighted by molar-refractivity contribution is 9.10. The maximum absolute atomic E-state index is 6.05. The van der Waals surface area contributed by atoms with Crippen LogP contribution >= 0.6 is 15.9 Å². The van der Waals surface area contributed by atoms with Crippen molar-refractivity contribution < 1.29 is 0 Å². The zero-order valence-corrected chi connectivity index (χ0v) is 14.7. The second-order valence-electron chi connectivity index (χ2n) is 6.84. The predicted molar refractivity (Wildman–Crippen MR) is 87.8 cm³/mol. The first-order chi connectivity index (χ1) is 9.45. The molecule has 3 unspecified atom stereocenters. The van der Waals surface area contributed by atoms with Crippen LogP contribution in [0.2, 0.25) is 0 Å². The Morgan fingerprint density at radius 2 is 2.05 bits per heavy atom. The van der Waals surface area contributed by atoms with Crippen LogP contribution in [0.3, 0.4) is 0 Å². The third kappa shape index (κ3) is 3.11. The van der Waals surface area contributed by atoms with Gasteiger partial charge in [0.25, 0.3) is 0 Å². The van der Waals surface area contributed by atoms with Crippen molar-refractivity contribution in [2.75, 3.05) is 6.54 Å². The van der Waals surface area contributed by atoms with Crippen molar-refractivity contribution in [3.63, 3.8) is 0 Å². The number of nitrogens with two attached hydrogens (primary N) is 1. The molecule has 0 saturated heterocycles. The van der Waals surface area contributed by atoms with Gasteiger partial charge < -0.3 is 5.73 Å². The molecule has 1 saturated carbocycles. The minimum atomic E-state index is 0.397. The molecule has 0 bridgehead atoms. The molecule has 20 heavy (non-hydrogen) atoms. The topological polar surface area (TPSA) is 43.8 Å². The smallest absolute Gasteiger partial charge is 0.0635 e. The Morgan fingerprint density at radius 3 is 2.60 bits per heavy atom. The lowest BCUT2D eigenvalue weighted by Gasteiger charge is -2.38. The van der Waals surface area contributed by atoms with Gasteiger partial charge in [0, 0.05) is 12.0 Å². The number of aromatic nitrogens is 2. The summed E-state index contributed by atoms with van der Waals surface area (Å²) < 4.78 is 3.33. The van der Waals surface area contributed by atoms with Crippen molar-refractivity contribution in [1.82, 2.24) is 9.78 Å². The molecule has 2 N–H and O–H groups in total. The van der Waals surface area contributed by atoms with Crippen molar-refractivity contribution in [3.05, 3.63) is 16.4 Å². The Morgan fingerprint density at radius 1 is 1.35 bits per heavy atom. The SMILES string of the molecule is CC(C)C1CCC(CN)C(c2c(Br)cnn2C(C)C)C1. The maximum atomic E-state index is 6.05. The number of rotatable bonds is 4. The van der Waals surface area contributed by atoms with Crippen LogP contribution in [0, 0.1) is 17.8 Å². The van der Waals surface area contributed by atoms with Crippen molar-refractivity contribution in [1.29, 1.82) is 0 Å². The Labute approximate surface area is 131 Å². The molecule has 1 aromatic rings. The largest absolute Gasteiger partial charge is 0.330 e. The number of halogens is 1. The predicted octanol–water partition coefficient (Wildman–Crippen LogP) is 4.34. The number of hydrogen-bond acceptors (Lipinski definition) is 2. The summed E-state index contributed by atoms with van der Waals surface area (Å²) in [7, 11) is 0. The lowest BCUT2D eigenvalue weighted by atomic mass is 9.69. The molecule has 4 heteroatoms. The fraction of sp³-hybridized carbons (Fsp3) is 0.812. The minimum absolute atomic E-state index is 0.397. The first-order valence-electron chi connectivity index (χ1n) is 7.88. The van der Waals surface area contributed by atoms with Gasteiger partial charge in [-0.2, -0.15) is 5.10 Å². The highest BCUT2D eigenvalue weighted by Gasteiger charge is 2.35. The second kappa shape index (κ2) is 6.61. The minimum Gasteiger partial charge on any atom is -0.330 e. The van der Waals surface area contributed by atoms with E-state index in [2.05, 4.69) is 53.4 Å². The van der Waals surface area contributed by atoms with Gasteiger partial charge in [-0.3, -0.25) is 4.68 Å². The quantitative estimate of drug-likeness (QED) is 0.884. The van der Waals surface area contributed by atoms with Crippen molar-refractivity contribution >= 4 is 15.9 Å². The van der Waals surface area contributed by atoms with Gasteiger partial charge in [-0.15, -0.1) is 0 Å². The molecule has 0 radical (unpaired) electrons. The van der Waals surface area contributed by atoms with Gasteiger partial charge in [0.2, 0.25) is 0 Å². The van der Waals surface area contributed by atoms with Crippen molar-refractivity contribution in [2.24, 2.45) is 23.5 Å². The Bertz CT molecular complexity index is 439. The summed E-state index contributed by atoms with van der Waals surface area (Å²) in [6, 6.07) is 0.397. The van der Waals surface area contributed by atoms with Gasteiger partial charge >= 0.3 is 0 Å². The molecule has 0 amide bonds. The molecule has 2 rings (SSSR count). The number of hydrogen-bond donors (Lipinski definition) is 1. The molecule has 1 fully saturated rings. The summed E-state index contributed by atoms with van der Waals surface area (Å²) >= 11 is 3.71. The second-order valence-corrected chi connectivity index (χ2v) is 7.69. The van der Waals surface area contributed by atoms with E-state index in [-0.39, 0.29) is 0 Å². The highest BCUT2D eigenvalue weighted by Crippen LogP contribution is 2.45. The van der Waals surface area contributed by atoms with Crippen LogP contribution in [0.25, 0.3) is 0 Å². The van der Waals surface area contributed by atoms with E-state index in [0.717, 1.165) is 22.9 Å². The van der Waals surface area contributed by atoms with E-state index in [0.29, 0.717) is 17.9 Å². The Kier molecular flexibility index (Phi) is 5.30. The molecule has 0 aliphatic heterocycles. The maximum Gasteiger partial charge on any atom is 0.0635 e. The van der Waals surface area contributed by atoms with Gasteiger partial charge in [-0.05, 0) is 73.3 Å². The van der Waals surface area contributed by atoms with Gasteiger partial charge in [0.15, 0.2) is 0 Å². The molecular weight excluding hydrogens is 314 g/mol. The molecule has 1 heterocycles. The van der Waals surface area contributed by atoms with E-state index in [1.165, 1.54) is 25.0 Å². The van der Waals surface area contributed by atoms with E-state index in [4.69, 9.17) is 5.73 Å². The van der Waals surface area contributed by atoms with E-state index < -0.39 is 0 Å². The molecular formula is C16H28BrN3. The zero-order chi connectivity index (χ0) is 14.9. The molecule has 1 aliphatic carbocycles. The molecule has 0 aromatic carbocycles. The van der Waals surface area contributed by atoms with Crippen LogP contribution in [-0.2, 0) is 0 Å². The summed E-state index contributed by atoms with van der Waals surface area (Å²) in [4.78, 5) is 0. The lowest BCUT2D eigenvalue weighted by Crippen LogP contribution is -2.32. The first kappa shape index (κ1) is 16.0. The monoisotopic (exact) mass is 341 g/mol. The van der Waals surface area contributed by atoms with Crippen LogP contribution in [0.15, 0.2) is 10.7 Å². The van der Waals surface area contributed by atoms with E-state index in [1.807, 2.05) is 6.20 Å². The lowest BCUT2D eigenvalue weighted by molar-refractivity contribution is 0.189. The normalized spacial score (nSPS) is 27.5. The summed E-state index contributed by atoms with van der Waals surface area (Å²) in [5.74, 6) is 2.70. The highest BCUT2D eigenvalue weighted by atomic mass is 79.9. The van der Waals surface area contributed by atoms with Crippen LogP contribution < -0.4 is 5.73 Å². The van der Waals surface area contributed by atoms with Gasteiger partial charge in [-0.25, -0.2) is 0 Å². The van der Waals surface area contributed by atoms with Crippen LogP contribution in [0.1, 0.15) is 64.6 Å². The fourth-order valence-corrected chi connectivity index (χ4v) is 4.16. The summed E-state index contributed by atoms with van der Waals surface area (Å²) in [6.07, 6.45) is 5.77. The summed E-state index contributed by atoms with van der Waals surface area (Å²) in [5.41, 5.74) is 7.41. The Balaban J connectivity index is 2.33. The van der Waals surface area contributed by atoms with E-state index in [1.54, 1.807) is 0 Å². The zero-order valence-electron chi connectivity index (χ0n) is 13.1. The molecule has 1 aliphatic rings. The molecule has 0 spiro atoms. The summed E-state index contributed by atoms with van der Waals surface area (Å²) in [6.45, 7) is 9.87. The van der Waals surface area contributed by atoms with Gasteiger partial charge in [-0.1, -0.05) is 13.8 Å². The Hall–Kier alpha value is -0.350. The molecule has 1 aromatic heterocycles. The fourth-order valence-electron chi connectivity index (χ4n) is 3.60. The average molecular weight is 342 g/mol. The van der Waals surface area contributed by atoms with Crippen LogP contribution in [0.4, 0.5) is 0 Å². The van der Waals surface area contributed by atoms with Crippen LogP contribution in [0.5, 0.6) is 0 Å². The van der Waals surface area contributed by atoms with Gasteiger partial charge in [0.1, 0.15) is 0 Å². The average Bonchev–Trinajstić information content (AvgIpc) is 2.79. The van der Waals surface area contributed by atoms with Crippen LogP contribution in [-0.4, -0.2) is 16.3 Å².